The lowest BCUT2D eigenvalue weighted by molar-refractivity contribution is 0.0694. The summed E-state index contributed by atoms with van der Waals surface area (Å²) in [7, 11) is 0. The van der Waals surface area contributed by atoms with Crippen LogP contribution in [0, 0.1) is 12.7 Å². The second-order valence-corrected chi connectivity index (χ2v) is 8.02. The van der Waals surface area contributed by atoms with Gasteiger partial charge in [0.25, 0.3) is 5.56 Å². The molecule has 3 aromatic rings. The molecule has 5 rings (SSSR count). The van der Waals surface area contributed by atoms with Gasteiger partial charge in [-0.25, -0.2) is 9.18 Å². The molecule has 6 nitrogen and oxygen atoms in total. The third-order valence-corrected chi connectivity index (χ3v) is 6.04. The molecule has 4 N–H and O–H groups in total. The maximum Gasteiger partial charge on any atom is 0.341 e. The number of fused-ring (bicyclic) bond motifs is 1. The number of carboxylic acid groups (broad SMARTS) is 1. The van der Waals surface area contributed by atoms with E-state index in [4.69, 9.17) is 5.73 Å². The van der Waals surface area contributed by atoms with Gasteiger partial charge >= 0.3 is 5.97 Å². The highest BCUT2D eigenvalue weighted by atomic mass is 19.1. The molecule has 0 atom stereocenters. The van der Waals surface area contributed by atoms with Crippen molar-refractivity contribution in [2.75, 3.05) is 0 Å². The molecule has 3 heterocycles. The first-order chi connectivity index (χ1) is 13.3. The zero-order valence-corrected chi connectivity index (χ0v) is 15.4. The molecule has 144 valence electrons. The second kappa shape index (κ2) is 5.54. The van der Waals surface area contributed by atoms with Gasteiger partial charge in [0.15, 0.2) is 0 Å². The van der Waals surface area contributed by atoms with Gasteiger partial charge in [0, 0.05) is 23.5 Å². The first-order valence-electron chi connectivity index (χ1n) is 9.40. The lowest BCUT2D eigenvalue weighted by Crippen LogP contribution is -2.24. The fraction of sp³-hybridized carbons (Fsp3) is 0.333. The summed E-state index contributed by atoms with van der Waals surface area (Å²) in [5.74, 6) is -1.68. The highest BCUT2D eigenvalue weighted by Crippen LogP contribution is 2.48. The molecule has 0 saturated heterocycles. The molecule has 0 spiro atoms. The van der Waals surface area contributed by atoms with Crippen molar-refractivity contribution < 1.29 is 14.3 Å². The summed E-state index contributed by atoms with van der Waals surface area (Å²) >= 11 is 0. The van der Waals surface area contributed by atoms with Crippen molar-refractivity contribution in [3.63, 3.8) is 0 Å². The Bertz CT molecular complexity index is 1220. The molecule has 0 radical (unpaired) electrons. The SMILES string of the molecule is Cc1c(-c2[nH]ccc2C2(N)CC2)c(F)cn2c(=O)c(C(=O)O)cc(C3CC3)c12. The van der Waals surface area contributed by atoms with E-state index >= 15 is 4.39 Å². The van der Waals surface area contributed by atoms with E-state index in [-0.39, 0.29) is 11.5 Å². The second-order valence-electron chi connectivity index (χ2n) is 8.02. The van der Waals surface area contributed by atoms with Crippen LogP contribution in [-0.4, -0.2) is 20.5 Å². The van der Waals surface area contributed by atoms with E-state index in [0.29, 0.717) is 22.3 Å². The van der Waals surface area contributed by atoms with E-state index in [1.807, 2.05) is 6.07 Å². The van der Waals surface area contributed by atoms with Crippen LogP contribution in [0.3, 0.4) is 0 Å². The van der Waals surface area contributed by atoms with E-state index in [0.717, 1.165) is 47.4 Å². The maximum atomic E-state index is 15.2. The summed E-state index contributed by atoms with van der Waals surface area (Å²) < 4.78 is 16.4. The Hall–Kier alpha value is -2.93. The molecule has 2 fully saturated rings. The van der Waals surface area contributed by atoms with E-state index in [1.165, 1.54) is 6.07 Å². The highest BCUT2D eigenvalue weighted by molar-refractivity contribution is 5.89. The number of hydrogen-bond donors (Lipinski definition) is 3. The summed E-state index contributed by atoms with van der Waals surface area (Å²) in [5.41, 5.74) is 8.77. The number of nitrogens with zero attached hydrogens (tertiary/aromatic N) is 1. The van der Waals surface area contributed by atoms with Crippen molar-refractivity contribution >= 4 is 11.5 Å². The summed E-state index contributed by atoms with van der Waals surface area (Å²) in [6.07, 6.45) is 6.42. The first kappa shape index (κ1) is 17.2. The Balaban J connectivity index is 1.86. The minimum Gasteiger partial charge on any atom is -0.477 e. The van der Waals surface area contributed by atoms with Crippen LogP contribution in [0.5, 0.6) is 0 Å². The predicted octanol–water partition coefficient (Wildman–Crippen LogP) is 3.27. The molecule has 0 aromatic carbocycles. The number of carbonyl (C=O) groups is 1. The third-order valence-electron chi connectivity index (χ3n) is 6.04. The molecule has 2 aliphatic carbocycles. The highest BCUT2D eigenvalue weighted by Gasteiger charge is 2.43. The van der Waals surface area contributed by atoms with Crippen molar-refractivity contribution in [2.24, 2.45) is 5.73 Å². The molecule has 0 aliphatic heterocycles. The van der Waals surface area contributed by atoms with E-state index in [9.17, 15) is 14.7 Å². The Kier molecular flexibility index (Phi) is 3.40. The number of aromatic amines is 1. The molecule has 0 amide bonds. The Morgan fingerprint density at radius 1 is 1.39 bits per heavy atom. The van der Waals surface area contributed by atoms with Gasteiger partial charge in [-0.2, -0.15) is 0 Å². The van der Waals surface area contributed by atoms with Crippen molar-refractivity contribution in [1.29, 1.82) is 0 Å². The fourth-order valence-electron chi connectivity index (χ4n) is 4.21. The van der Waals surface area contributed by atoms with Crippen LogP contribution in [0.15, 0.2) is 29.3 Å². The van der Waals surface area contributed by atoms with Crippen molar-refractivity contribution in [3.8, 4) is 11.3 Å². The number of pyridine rings is 2. The Morgan fingerprint density at radius 2 is 2.11 bits per heavy atom. The number of halogens is 1. The molecule has 2 saturated carbocycles. The van der Waals surface area contributed by atoms with Crippen LogP contribution in [0.25, 0.3) is 16.8 Å². The standard InChI is InChI=1S/C21H20FN3O3/c1-10-16(17-14(4-7-24-17)21(23)5-6-21)15(22)9-25-18(10)12(11-2-3-11)8-13(19(25)26)20(27)28/h4,7-9,11,24H,2-3,5-6,23H2,1H3,(H,27,28). The molecule has 0 unspecified atom stereocenters. The average Bonchev–Trinajstić information content (AvgIpc) is 3.56. The molecule has 7 heteroatoms. The molecule has 0 bridgehead atoms. The van der Waals surface area contributed by atoms with Crippen LogP contribution in [0.4, 0.5) is 4.39 Å². The van der Waals surface area contributed by atoms with Crippen LogP contribution >= 0.6 is 0 Å². The largest absolute Gasteiger partial charge is 0.477 e. The van der Waals surface area contributed by atoms with Crippen LogP contribution in [-0.2, 0) is 5.54 Å². The van der Waals surface area contributed by atoms with Crippen LogP contribution < -0.4 is 11.3 Å². The average molecular weight is 381 g/mol. The lowest BCUT2D eigenvalue weighted by Gasteiger charge is -2.18. The minimum absolute atomic E-state index is 0.193. The van der Waals surface area contributed by atoms with Gasteiger partial charge in [-0.3, -0.25) is 9.20 Å². The van der Waals surface area contributed by atoms with Crippen molar-refractivity contribution in [2.45, 2.75) is 44.1 Å². The van der Waals surface area contributed by atoms with Gasteiger partial charge < -0.3 is 15.8 Å². The van der Waals surface area contributed by atoms with Crippen LogP contribution in [0.1, 0.15) is 58.6 Å². The molecule has 2 aliphatic rings. The van der Waals surface area contributed by atoms with E-state index in [2.05, 4.69) is 4.98 Å². The third kappa shape index (κ3) is 2.36. The summed E-state index contributed by atoms with van der Waals surface area (Å²) in [6, 6.07) is 3.35. The monoisotopic (exact) mass is 381 g/mol. The topological polar surface area (TPSA) is 101 Å². The number of aryl methyl sites for hydroxylation is 1. The van der Waals surface area contributed by atoms with Crippen LogP contribution in [0.2, 0.25) is 0 Å². The van der Waals surface area contributed by atoms with Gasteiger partial charge in [-0.15, -0.1) is 0 Å². The maximum absolute atomic E-state index is 15.2. The number of aromatic carboxylic acids is 1. The smallest absolute Gasteiger partial charge is 0.341 e. The van der Waals surface area contributed by atoms with Gasteiger partial charge in [0.2, 0.25) is 0 Å². The molecule has 28 heavy (non-hydrogen) atoms. The number of H-pyrrole nitrogens is 1. The number of aromatic nitrogens is 2. The lowest BCUT2D eigenvalue weighted by atomic mass is 9.95. The van der Waals surface area contributed by atoms with Gasteiger partial charge in [0.1, 0.15) is 11.4 Å². The zero-order valence-electron chi connectivity index (χ0n) is 15.4. The zero-order chi connectivity index (χ0) is 19.8. The van der Waals surface area contributed by atoms with Gasteiger partial charge in [0.05, 0.1) is 11.2 Å². The molecular formula is C21H20FN3O3. The van der Waals surface area contributed by atoms with Crippen molar-refractivity contribution in [3.05, 3.63) is 63.0 Å². The quantitative estimate of drug-likeness (QED) is 0.646. The molecule has 3 aromatic heterocycles. The fourth-order valence-corrected chi connectivity index (χ4v) is 4.21. The van der Waals surface area contributed by atoms with Gasteiger partial charge in [-0.1, -0.05) is 0 Å². The van der Waals surface area contributed by atoms with E-state index in [1.54, 1.807) is 13.1 Å². The number of hydrogen-bond acceptors (Lipinski definition) is 3. The summed E-state index contributed by atoms with van der Waals surface area (Å²) in [5, 5.41) is 9.40. The minimum atomic E-state index is -1.30. The normalized spacial score (nSPS) is 17.8. The van der Waals surface area contributed by atoms with E-state index < -0.39 is 22.9 Å². The number of carboxylic acids is 1. The number of nitrogens with two attached hydrogens (primary N) is 1. The van der Waals surface area contributed by atoms with Crippen molar-refractivity contribution in [1.82, 2.24) is 9.38 Å². The molecular weight excluding hydrogens is 361 g/mol. The number of nitrogens with one attached hydrogen (secondary N) is 1. The van der Waals surface area contributed by atoms with Gasteiger partial charge in [-0.05, 0) is 67.3 Å². The Labute approximate surface area is 159 Å². The Morgan fingerprint density at radius 3 is 2.71 bits per heavy atom. The first-order valence-corrected chi connectivity index (χ1v) is 9.40. The summed E-state index contributed by atoms with van der Waals surface area (Å²) in [4.78, 5) is 27.3. The summed E-state index contributed by atoms with van der Waals surface area (Å²) in [6.45, 7) is 1.78. The predicted molar refractivity (Wildman–Crippen MR) is 102 cm³/mol. The number of rotatable bonds is 4.